The summed E-state index contributed by atoms with van der Waals surface area (Å²) in [4.78, 5) is 0. The van der Waals surface area contributed by atoms with Crippen LogP contribution in [0.5, 0.6) is 0 Å². The Morgan fingerprint density at radius 2 is 1.94 bits per heavy atom. The Morgan fingerprint density at radius 3 is 2.67 bits per heavy atom. The third-order valence-corrected chi connectivity index (χ3v) is 4.85. The predicted octanol–water partition coefficient (Wildman–Crippen LogP) is 3.58. The van der Waals surface area contributed by atoms with Crippen LogP contribution in [0.1, 0.15) is 43.9 Å². The average Bonchev–Trinajstić information content (AvgIpc) is 2.72. The minimum absolute atomic E-state index is 0.272. The van der Waals surface area contributed by atoms with E-state index in [4.69, 9.17) is 5.73 Å². The maximum absolute atomic E-state index is 6.24. The van der Waals surface area contributed by atoms with Crippen molar-refractivity contribution in [2.45, 2.75) is 57.2 Å². The summed E-state index contributed by atoms with van der Waals surface area (Å²) < 4.78 is 0.315. The first kappa shape index (κ1) is 14.0. The van der Waals surface area contributed by atoms with Gasteiger partial charge in [-0.25, -0.2) is 0 Å². The van der Waals surface area contributed by atoms with E-state index in [0.717, 1.165) is 12.2 Å². The third kappa shape index (κ3) is 4.03. The molecule has 2 rings (SSSR count). The van der Waals surface area contributed by atoms with Crippen molar-refractivity contribution in [1.82, 2.24) is 0 Å². The van der Waals surface area contributed by atoms with Gasteiger partial charge in [-0.3, -0.25) is 0 Å². The summed E-state index contributed by atoms with van der Waals surface area (Å²) >= 11 is 1.96. The number of hydrogen-bond acceptors (Lipinski definition) is 2. The standard InChI is InChI=1S/C16H25NS/c1-16(2,3)18-11-15(17)10-12-7-8-13-5-4-6-14(13)9-12/h7-9,15H,4-6,10-11,17H2,1-3H3. The topological polar surface area (TPSA) is 26.0 Å². The van der Waals surface area contributed by atoms with Crippen LogP contribution in [0.15, 0.2) is 18.2 Å². The van der Waals surface area contributed by atoms with E-state index < -0.39 is 0 Å². The molecule has 0 aliphatic heterocycles. The zero-order valence-electron chi connectivity index (χ0n) is 11.8. The number of fused-ring (bicyclic) bond motifs is 1. The first-order valence-electron chi connectivity index (χ1n) is 6.94. The molecule has 1 aliphatic rings. The van der Waals surface area contributed by atoms with Crippen LogP contribution in [-0.2, 0) is 19.3 Å². The first-order chi connectivity index (χ1) is 8.44. The number of nitrogens with two attached hydrogens (primary N) is 1. The fourth-order valence-electron chi connectivity index (χ4n) is 2.47. The Morgan fingerprint density at radius 1 is 1.22 bits per heavy atom. The number of benzene rings is 1. The van der Waals surface area contributed by atoms with Gasteiger partial charge in [-0.15, -0.1) is 0 Å². The smallest absolute Gasteiger partial charge is 0.0171 e. The molecule has 0 spiro atoms. The van der Waals surface area contributed by atoms with Gasteiger partial charge in [0, 0.05) is 16.5 Å². The highest BCUT2D eigenvalue weighted by atomic mass is 32.2. The summed E-state index contributed by atoms with van der Waals surface area (Å²) in [6.45, 7) is 6.75. The Bertz CT molecular complexity index is 406. The number of hydrogen-bond donors (Lipinski definition) is 1. The second-order valence-electron chi connectivity index (χ2n) is 6.34. The Kier molecular flexibility index (Phi) is 4.39. The van der Waals surface area contributed by atoms with Crippen molar-refractivity contribution in [3.05, 3.63) is 34.9 Å². The largest absolute Gasteiger partial charge is 0.327 e. The van der Waals surface area contributed by atoms with E-state index >= 15 is 0 Å². The van der Waals surface area contributed by atoms with Crippen LogP contribution in [0, 0.1) is 0 Å². The van der Waals surface area contributed by atoms with Crippen LogP contribution in [0.25, 0.3) is 0 Å². The van der Waals surface area contributed by atoms with E-state index in [9.17, 15) is 0 Å². The van der Waals surface area contributed by atoms with Gasteiger partial charge >= 0.3 is 0 Å². The van der Waals surface area contributed by atoms with Crippen molar-refractivity contribution in [3.63, 3.8) is 0 Å². The van der Waals surface area contributed by atoms with Crippen molar-refractivity contribution >= 4 is 11.8 Å². The van der Waals surface area contributed by atoms with Gasteiger partial charge in [0.2, 0.25) is 0 Å². The van der Waals surface area contributed by atoms with Crippen LogP contribution in [-0.4, -0.2) is 16.5 Å². The number of thioether (sulfide) groups is 1. The van der Waals surface area contributed by atoms with Gasteiger partial charge in [-0.05, 0) is 42.4 Å². The molecule has 0 amide bonds. The van der Waals surface area contributed by atoms with Gasteiger partial charge in [0.1, 0.15) is 0 Å². The monoisotopic (exact) mass is 263 g/mol. The van der Waals surface area contributed by atoms with Gasteiger partial charge < -0.3 is 5.73 Å². The second-order valence-corrected chi connectivity index (χ2v) is 8.19. The molecule has 2 N–H and O–H groups in total. The van der Waals surface area contributed by atoms with Gasteiger partial charge in [-0.2, -0.15) is 11.8 Å². The van der Waals surface area contributed by atoms with E-state index in [2.05, 4.69) is 39.0 Å². The molecule has 0 bridgehead atoms. The molecule has 1 aromatic rings. The van der Waals surface area contributed by atoms with E-state index in [1.807, 2.05) is 11.8 Å². The van der Waals surface area contributed by atoms with Crippen molar-refractivity contribution in [2.24, 2.45) is 5.73 Å². The van der Waals surface area contributed by atoms with Crippen molar-refractivity contribution in [3.8, 4) is 0 Å². The van der Waals surface area contributed by atoms with Gasteiger partial charge in [0.15, 0.2) is 0 Å². The van der Waals surface area contributed by atoms with Crippen LogP contribution >= 0.6 is 11.8 Å². The fraction of sp³-hybridized carbons (Fsp3) is 0.625. The van der Waals surface area contributed by atoms with Crippen molar-refractivity contribution < 1.29 is 0 Å². The zero-order chi connectivity index (χ0) is 13.2. The maximum atomic E-state index is 6.24. The Hall–Kier alpha value is -0.470. The molecule has 1 aromatic carbocycles. The SMILES string of the molecule is CC(C)(C)SCC(N)Cc1ccc2c(c1)CCC2. The lowest BCUT2D eigenvalue weighted by atomic mass is 10.0. The predicted molar refractivity (Wildman–Crippen MR) is 82.4 cm³/mol. The summed E-state index contributed by atoms with van der Waals surface area (Å²) in [5, 5.41) is 0. The van der Waals surface area contributed by atoms with E-state index in [1.165, 1.54) is 24.8 Å². The molecule has 0 saturated carbocycles. The lowest BCUT2D eigenvalue weighted by Gasteiger charge is -2.20. The summed E-state index contributed by atoms with van der Waals surface area (Å²) in [7, 11) is 0. The first-order valence-corrected chi connectivity index (χ1v) is 7.93. The minimum atomic E-state index is 0.272. The van der Waals surface area contributed by atoms with Gasteiger partial charge in [0.05, 0.1) is 0 Å². The molecule has 1 atom stereocenters. The molecule has 18 heavy (non-hydrogen) atoms. The second kappa shape index (κ2) is 5.66. The Balaban J connectivity index is 1.89. The van der Waals surface area contributed by atoms with Crippen LogP contribution in [0.3, 0.4) is 0 Å². The highest BCUT2D eigenvalue weighted by Gasteiger charge is 2.15. The van der Waals surface area contributed by atoms with Crippen LogP contribution < -0.4 is 5.73 Å². The molecule has 0 aromatic heterocycles. The number of aryl methyl sites for hydroxylation is 2. The van der Waals surface area contributed by atoms with Crippen LogP contribution in [0.2, 0.25) is 0 Å². The summed E-state index contributed by atoms with van der Waals surface area (Å²) in [6.07, 6.45) is 4.86. The van der Waals surface area contributed by atoms with Crippen LogP contribution in [0.4, 0.5) is 0 Å². The molecular weight excluding hydrogens is 238 g/mol. The highest BCUT2D eigenvalue weighted by molar-refractivity contribution is 8.00. The van der Waals surface area contributed by atoms with E-state index in [0.29, 0.717) is 4.75 Å². The molecule has 1 unspecified atom stereocenters. The molecule has 0 saturated heterocycles. The fourth-order valence-corrected chi connectivity index (χ4v) is 3.30. The lowest BCUT2D eigenvalue weighted by molar-refractivity contribution is 0.733. The molecule has 1 aliphatic carbocycles. The molecule has 0 fully saturated rings. The molecule has 0 heterocycles. The summed E-state index contributed by atoms with van der Waals surface area (Å²) in [6, 6.07) is 7.23. The molecule has 100 valence electrons. The Labute approximate surface area is 116 Å². The molecule has 2 heteroatoms. The average molecular weight is 263 g/mol. The highest BCUT2D eigenvalue weighted by Crippen LogP contribution is 2.25. The maximum Gasteiger partial charge on any atom is 0.0171 e. The van der Waals surface area contributed by atoms with Crippen molar-refractivity contribution in [1.29, 1.82) is 0 Å². The third-order valence-electron chi connectivity index (χ3n) is 3.39. The summed E-state index contributed by atoms with van der Waals surface area (Å²) in [5.41, 5.74) is 10.8. The van der Waals surface area contributed by atoms with E-state index in [1.54, 1.807) is 11.1 Å². The number of rotatable bonds is 4. The van der Waals surface area contributed by atoms with E-state index in [-0.39, 0.29) is 6.04 Å². The summed E-state index contributed by atoms with van der Waals surface area (Å²) in [5.74, 6) is 1.04. The van der Waals surface area contributed by atoms with Gasteiger partial charge in [-0.1, -0.05) is 39.0 Å². The lowest BCUT2D eigenvalue weighted by Crippen LogP contribution is -2.28. The van der Waals surface area contributed by atoms with Gasteiger partial charge in [0.25, 0.3) is 0 Å². The normalized spacial score (nSPS) is 16.7. The van der Waals surface area contributed by atoms with Crippen molar-refractivity contribution in [2.75, 3.05) is 5.75 Å². The minimum Gasteiger partial charge on any atom is -0.327 e. The zero-order valence-corrected chi connectivity index (χ0v) is 12.6. The molecule has 1 nitrogen and oxygen atoms in total. The molecule has 0 radical (unpaired) electrons. The molecular formula is C16H25NS. The quantitative estimate of drug-likeness (QED) is 0.898.